The monoisotopic (exact) mass is 283 g/mol. The highest BCUT2D eigenvalue weighted by molar-refractivity contribution is 6.32. The highest BCUT2D eigenvalue weighted by atomic mass is 16.2. The van der Waals surface area contributed by atoms with E-state index in [1.807, 2.05) is 30.3 Å². The summed E-state index contributed by atoms with van der Waals surface area (Å²) in [6.07, 6.45) is 5.96. The number of para-hydroxylation sites is 1. The van der Waals surface area contributed by atoms with Crippen LogP contribution >= 0.6 is 0 Å². The molecule has 108 valence electrons. The number of aromatic nitrogens is 2. The van der Waals surface area contributed by atoms with Gasteiger partial charge in [-0.2, -0.15) is 0 Å². The Bertz CT molecular complexity index is 753. The molecule has 1 aliphatic rings. The average molecular weight is 283 g/mol. The minimum atomic E-state index is -0.137. The number of hydrogen-bond acceptors (Lipinski definition) is 3. The van der Waals surface area contributed by atoms with Crippen LogP contribution in [0.4, 0.5) is 5.69 Å². The lowest BCUT2D eigenvalue weighted by atomic mass is 9.98. The number of unbranched alkanes of at least 4 members (excludes halogenated alkanes) is 1. The summed E-state index contributed by atoms with van der Waals surface area (Å²) in [7, 11) is 0. The van der Waals surface area contributed by atoms with E-state index in [2.05, 4.69) is 15.2 Å². The van der Waals surface area contributed by atoms with Gasteiger partial charge in [-0.05, 0) is 31.4 Å². The molecular weight excluding hydrogens is 266 g/mol. The number of nitrogens with zero attached hydrogens (tertiary/aromatic N) is 1. The Morgan fingerprint density at radius 3 is 2.86 bits per heavy atom. The van der Waals surface area contributed by atoms with E-state index in [9.17, 15) is 4.79 Å². The van der Waals surface area contributed by atoms with Crippen LogP contribution in [0.5, 0.6) is 0 Å². The SMILES string of the molecule is O=c1[nH][nH]cc1C=C1C(CCCCO)=Nc2ccccc21. The molecule has 0 radical (unpaired) electrons. The summed E-state index contributed by atoms with van der Waals surface area (Å²) in [5.74, 6) is 0. The maximum absolute atomic E-state index is 11.7. The van der Waals surface area contributed by atoms with Gasteiger partial charge in [0.15, 0.2) is 0 Å². The summed E-state index contributed by atoms with van der Waals surface area (Å²) in [4.78, 5) is 16.3. The number of allylic oxidation sites excluding steroid dienone is 1. The Morgan fingerprint density at radius 2 is 2.10 bits per heavy atom. The number of hydrogen-bond donors (Lipinski definition) is 3. The number of aromatic amines is 2. The van der Waals surface area contributed by atoms with Gasteiger partial charge in [0.1, 0.15) is 0 Å². The highest BCUT2D eigenvalue weighted by Gasteiger charge is 2.20. The summed E-state index contributed by atoms with van der Waals surface area (Å²) in [5, 5.41) is 14.2. The Hall–Kier alpha value is -2.40. The Kier molecular flexibility index (Phi) is 3.83. The van der Waals surface area contributed by atoms with Crippen LogP contribution in [-0.4, -0.2) is 27.6 Å². The summed E-state index contributed by atoms with van der Waals surface area (Å²) in [6.45, 7) is 0.191. The molecule has 2 heterocycles. The first-order valence-electron chi connectivity index (χ1n) is 7.05. The van der Waals surface area contributed by atoms with Gasteiger partial charge in [0, 0.05) is 29.7 Å². The lowest BCUT2D eigenvalue weighted by Gasteiger charge is -2.04. The second-order valence-electron chi connectivity index (χ2n) is 5.01. The topological polar surface area (TPSA) is 81.2 Å². The van der Waals surface area contributed by atoms with Crippen molar-refractivity contribution >= 4 is 23.0 Å². The molecule has 0 spiro atoms. The highest BCUT2D eigenvalue weighted by Crippen LogP contribution is 2.36. The fourth-order valence-electron chi connectivity index (χ4n) is 2.50. The zero-order valence-corrected chi connectivity index (χ0v) is 11.6. The fourth-order valence-corrected chi connectivity index (χ4v) is 2.50. The number of fused-ring (bicyclic) bond motifs is 1. The molecule has 5 nitrogen and oxygen atoms in total. The molecule has 3 rings (SSSR count). The molecule has 0 aliphatic carbocycles. The molecule has 0 fully saturated rings. The first kappa shape index (κ1) is 13.6. The van der Waals surface area contributed by atoms with Gasteiger partial charge >= 0.3 is 0 Å². The molecule has 1 aromatic heterocycles. The van der Waals surface area contributed by atoms with Gasteiger partial charge in [-0.1, -0.05) is 18.2 Å². The van der Waals surface area contributed by atoms with E-state index in [1.165, 1.54) is 0 Å². The van der Waals surface area contributed by atoms with Crippen LogP contribution in [-0.2, 0) is 0 Å². The summed E-state index contributed by atoms with van der Waals surface area (Å²) in [6, 6.07) is 7.92. The number of aliphatic imine (C=N–C) groups is 1. The fraction of sp³-hybridized carbons (Fsp3) is 0.250. The third kappa shape index (κ3) is 2.73. The lowest BCUT2D eigenvalue weighted by Crippen LogP contribution is -2.03. The van der Waals surface area contributed by atoms with Crippen LogP contribution in [0, 0.1) is 0 Å². The standard InChI is InChI=1S/C16H17N3O2/c20-8-4-3-7-15-13(9-11-10-17-19-16(11)21)12-5-1-2-6-14(12)18-15/h1-2,5-6,9-10,20H,3-4,7-8H2,(H2,17,19,21). The first-order chi connectivity index (χ1) is 10.3. The minimum absolute atomic E-state index is 0.137. The molecular formula is C16H17N3O2. The summed E-state index contributed by atoms with van der Waals surface area (Å²) in [5.41, 5.74) is 4.42. The number of aliphatic hydroxyl groups excluding tert-OH is 1. The van der Waals surface area contributed by atoms with E-state index in [1.54, 1.807) is 6.20 Å². The third-order valence-electron chi connectivity index (χ3n) is 3.56. The largest absolute Gasteiger partial charge is 0.396 e. The predicted molar refractivity (Wildman–Crippen MR) is 83.8 cm³/mol. The second-order valence-corrected chi connectivity index (χ2v) is 5.01. The van der Waals surface area contributed by atoms with E-state index in [4.69, 9.17) is 5.11 Å². The molecule has 0 saturated carbocycles. The predicted octanol–water partition coefficient (Wildman–Crippen LogP) is 2.49. The van der Waals surface area contributed by atoms with Crippen molar-refractivity contribution in [1.82, 2.24) is 10.2 Å². The molecule has 0 unspecified atom stereocenters. The molecule has 1 aliphatic heterocycles. The van der Waals surface area contributed by atoms with Crippen molar-refractivity contribution in [3.63, 3.8) is 0 Å². The Balaban J connectivity index is 1.98. The molecule has 1 aromatic carbocycles. The van der Waals surface area contributed by atoms with Crippen molar-refractivity contribution in [2.45, 2.75) is 19.3 Å². The Labute approximate surface area is 122 Å². The van der Waals surface area contributed by atoms with E-state index in [0.717, 1.165) is 41.8 Å². The molecule has 5 heteroatoms. The van der Waals surface area contributed by atoms with Gasteiger partial charge in [-0.3, -0.25) is 14.9 Å². The smallest absolute Gasteiger partial charge is 0.271 e. The van der Waals surface area contributed by atoms with Crippen LogP contribution in [0.15, 0.2) is 40.2 Å². The number of benzene rings is 1. The first-order valence-corrected chi connectivity index (χ1v) is 7.05. The molecule has 0 saturated heterocycles. The van der Waals surface area contributed by atoms with Crippen molar-refractivity contribution in [2.24, 2.45) is 4.99 Å². The van der Waals surface area contributed by atoms with Crippen molar-refractivity contribution in [3.8, 4) is 0 Å². The quantitative estimate of drug-likeness (QED) is 0.737. The summed E-state index contributed by atoms with van der Waals surface area (Å²) >= 11 is 0. The Morgan fingerprint density at radius 1 is 1.24 bits per heavy atom. The molecule has 3 N–H and O–H groups in total. The van der Waals surface area contributed by atoms with E-state index < -0.39 is 0 Å². The van der Waals surface area contributed by atoms with Crippen molar-refractivity contribution < 1.29 is 5.11 Å². The van der Waals surface area contributed by atoms with Gasteiger partial charge in [-0.15, -0.1) is 0 Å². The number of rotatable bonds is 5. The number of H-pyrrole nitrogens is 2. The van der Waals surface area contributed by atoms with Crippen molar-refractivity contribution in [3.05, 3.63) is 51.9 Å². The van der Waals surface area contributed by atoms with E-state index in [-0.39, 0.29) is 12.2 Å². The van der Waals surface area contributed by atoms with Crippen LogP contribution < -0.4 is 5.56 Å². The maximum Gasteiger partial charge on any atom is 0.271 e. The summed E-state index contributed by atoms with van der Waals surface area (Å²) < 4.78 is 0. The van der Waals surface area contributed by atoms with E-state index in [0.29, 0.717) is 5.56 Å². The van der Waals surface area contributed by atoms with Crippen molar-refractivity contribution in [1.29, 1.82) is 0 Å². The number of aliphatic hydroxyl groups is 1. The molecule has 0 amide bonds. The van der Waals surface area contributed by atoms with Crippen LogP contribution in [0.25, 0.3) is 11.6 Å². The third-order valence-corrected chi connectivity index (χ3v) is 3.56. The number of nitrogens with one attached hydrogen (secondary N) is 2. The van der Waals surface area contributed by atoms with Crippen LogP contribution in [0.2, 0.25) is 0 Å². The van der Waals surface area contributed by atoms with Crippen molar-refractivity contribution in [2.75, 3.05) is 6.61 Å². The maximum atomic E-state index is 11.7. The average Bonchev–Trinajstić information content (AvgIpc) is 3.05. The lowest BCUT2D eigenvalue weighted by molar-refractivity contribution is 0.285. The van der Waals surface area contributed by atoms with E-state index >= 15 is 0 Å². The van der Waals surface area contributed by atoms with Crippen LogP contribution in [0.1, 0.15) is 30.4 Å². The zero-order chi connectivity index (χ0) is 14.7. The van der Waals surface area contributed by atoms with Gasteiger partial charge in [0.25, 0.3) is 5.56 Å². The molecule has 0 atom stereocenters. The van der Waals surface area contributed by atoms with Crippen LogP contribution in [0.3, 0.4) is 0 Å². The second kappa shape index (κ2) is 5.93. The van der Waals surface area contributed by atoms with Gasteiger partial charge in [0.2, 0.25) is 0 Å². The normalized spacial score (nSPS) is 15.3. The van der Waals surface area contributed by atoms with Gasteiger partial charge in [0.05, 0.1) is 11.3 Å². The van der Waals surface area contributed by atoms with Gasteiger partial charge < -0.3 is 10.2 Å². The molecule has 21 heavy (non-hydrogen) atoms. The molecule has 2 aromatic rings. The van der Waals surface area contributed by atoms with Gasteiger partial charge in [-0.25, -0.2) is 0 Å². The minimum Gasteiger partial charge on any atom is -0.396 e. The zero-order valence-electron chi connectivity index (χ0n) is 11.6. The molecule has 0 bridgehead atoms.